The van der Waals surface area contributed by atoms with Crippen LogP contribution in [0.4, 0.5) is 5.69 Å². The fraction of sp³-hybridized carbons (Fsp3) is 0.533. The second kappa shape index (κ2) is 6.83. The van der Waals surface area contributed by atoms with Crippen LogP contribution in [-0.4, -0.2) is 38.5 Å². The van der Waals surface area contributed by atoms with Gasteiger partial charge in [0, 0.05) is 31.9 Å². The van der Waals surface area contributed by atoms with E-state index in [0.717, 1.165) is 43.7 Å². The average Bonchev–Trinajstić information content (AvgIpc) is 2.81. The molecule has 0 aromatic heterocycles. The number of carbonyl (C=O) groups excluding carboxylic acids is 1. The zero-order valence-corrected chi connectivity index (χ0v) is 12.4. The molecule has 0 unspecified atom stereocenters. The van der Waals surface area contributed by atoms with E-state index in [1.165, 1.54) is 11.1 Å². The van der Waals surface area contributed by atoms with Crippen LogP contribution in [0.1, 0.15) is 23.1 Å². The number of hydrogen-bond donors (Lipinski definition) is 2. The minimum atomic E-state index is 0.461. The summed E-state index contributed by atoms with van der Waals surface area (Å²) in [6.45, 7) is 3.98. The van der Waals surface area contributed by atoms with E-state index >= 15 is 0 Å². The Morgan fingerprint density at radius 2 is 2.10 bits per heavy atom. The van der Waals surface area contributed by atoms with Crippen molar-refractivity contribution in [3.8, 4) is 0 Å². The van der Waals surface area contributed by atoms with Crippen LogP contribution in [0.2, 0.25) is 0 Å². The molecule has 0 spiro atoms. The molecule has 0 saturated heterocycles. The van der Waals surface area contributed by atoms with Crippen LogP contribution in [-0.2, 0) is 24.4 Å². The Balaban J connectivity index is 2.25. The Labute approximate surface area is 120 Å². The lowest BCUT2D eigenvalue weighted by Crippen LogP contribution is -2.26. The van der Waals surface area contributed by atoms with Gasteiger partial charge in [-0.2, -0.15) is 0 Å². The quantitative estimate of drug-likeness (QED) is 0.567. The smallest absolute Gasteiger partial charge is 0.214 e. The van der Waals surface area contributed by atoms with Gasteiger partial charge in [-0.15, -0.1) is 0 Å². The second-order valence-corrected chi connectivity index (χ2v) is 5.38. The highest BCUT2D eigenvalue weighted by Gasteiger charge is 2.20. The third kappa shape index (κ3) is 3.17. The van der Waals surface area contributed by atoms with E-state index in [2.05, 4.69) is 29.4 Å². The predicted octanol–water partition coefficient (Wildman–Crippen LogP) is 0.663. The monoisotopic (exact) mass is 276 g/mol. The first-order valence-electron chi connectivity index (χ1n) is 7.09. The summed E-state index contributed by atoms with van der Waals surface area (Å²) < 4.78 is 0. The van der Waals surface area contributed by atoms with Gasteiger partial charge in [0.2, 0.25) is 6.41 Å². The van der Waals surface area contributed by atoms with Gasteiger partial charge in [0.05, 0.1) is 0 Å². The van der Waals surface area contributed by atoms with Crippen molar-refractivity contribution in [2.75, 3.05) is 32.1 Å². The molecule has 20 heavy (non-hydrogen) atoms. The summed E-state index contributed by atoms with van der Waals surface area (Å²) in [5, 5.41) is 3.10. The fourth-order valence-corrected chi connectivity index (χ4v) is 2.75. The topological polar surface area (TPSA) is 61.6 Å². The molecule has 5 nitrogen and oxygen atoms in total. The molecule has 1 aromatic rings. The van der Waals surface area contributed by atoms with Gasteiger partial charge in [-0.3, -0.25) is 9.69 Å². The van der Waals surface area contributed by atoms with E-state index in [1.807, 2.05) is 7.05 Å². The van der Waals surface area contributed by atoms with Gasteiger partial charge in [-0.1, -0.05) is 6.07 Å². The largest absolute Gasteiger partial charge is 0.326 e. The van der Waals surface area contributed by atoms with Crippen LogP contribution >= 0.6 is 0 Å². The highest BCUT2D eigenvalue weighted by atomic mass is 16.1. The highest BCUT2D eigenvalue weighted by Crippen LogP contribution is 2.30. The van der Waals surface area contributed by atoms with Crippen LogP contribution in [0.25, 0.3) is 0 Å². The van der Waals surface area contributed by atoms with Crippen molar-refractivity contribution >= 4 is 12.1 Å². The third-order valence-corrected chi connectivity index (χ3v) is 3.76. The van der Waals surface area contributed by atoms with Gasteiger partial charge in [0.1, 0.15) is 0 Å². The highest BCUT2D eigenvalue weighted by molar-refractivity contribution is 5.78. The van der Waals surface area contributed by atoms with Crippen molar-refractivity contribution in [3.63, 3.8) is 0 Å². The first-order chi connectivity index (χ1) is 9.69. The molecule has 2 rings (SSSR count). The molecule has 1 aromatic carbocycles. The molecule has 0 atom stereocenters. The molecule has 3 N–H and O–H groups in total. The van der Waals surface area contributed by atoms with Crippen molar-refractivity contribution in [2.24, 2.45) is 5.73 Å². The van der Waals surface area contributed by atoms with Crippen LogP contribution in [0.3, 0.4) is 0 Å². The number of carbonyl (C=O) groups is 1. The van der Waals surface area contributed by atoms with Crippen molar-refractivity contribution in [1.82, 2.24) is 10.2 Å². The van der Waals surface area contributed by atoms with Crippen LogP contribution in [0.5, 0.6) is 0 Å². The van der Waals surface area contributed by atoms with Crippen molar-refractivity contribution in [1.29, 1.82) is 0 Å². The fourth-order valence-electron chi connectivity index (χ4n) is 2.75. The molecule has 1 heterocycles. The van der Waals surface area contributed by atoms with Crippen LogP contribution < -0.4 is 16.0 Å². The average molecular weight is 276 g/mol. The van der Waals surface area contributed by atoms with E-state index in [9.17, 15) is 4.79 Å². The van der Waals surface area contributed by atoms with Crippen molar-refractivity contribution in [2.45, 2.75) is 26.1 Å². The minimum absolute atomic E-state index is 0.461. The lowest BCUT2D eigenvalue weighted by Gasteiger charge is -2.21. The van der Waals surface area contributed by atoms with E-state index in [0.29, 0.717) is 13.1 Å². The number of nitrogens with two attached hydrogens (primary N) is 1. The van der Waals surface area contributed by atoms with Gasteiger partial charge in [-0.25, -0.2) is 0 Å². The lowest BCUT2D eigenvalue weighted by atomic mass is 10.0. The SMILES string of the molecule is CNCCCN(C=O)c1cc2c(cc1CN)CN(C)C2. The molecule has 1 aliphatic heterocycles. The molecule has 0 aliphatic carbocycles. The van der Waals surface area contributed by atoms with Crippen LogP contribution in [0, 0.1) is 0 Å². The molecule has 0 saturated carbocycles. The number of benzene rings is 1. The maximum Gasteiger partial charge on any atom is 0.214 e. The Bertz CT molecular complexity index is 475. The summed E-state index contributed by atoms with van der Waals surface area (Å²) in [6, 6.07) is 4.29. The summed E-state index contributed by atoms with van der Waals surface area (Å²) in [5.41, 5.74) is 10.5. The van der Waals surface area contributed by atoms with Crippen LogP contribution in [0.15, 0.2) is 12.1 Å². The Morgan fingerprint density at radius 1 is 1.40 bits per heavy atom. The first-order valence-corrected chi connectivity index (χ1v) is 7.09. The van der Waals surface area contributed by atoms with E-state index in [-0.39, 0.29) is 0 Å². The Kier molecular flexibility index (Phi) is 5.11. The lowest BCUT2D eigenvalue weighted by molar-refractivity contribution is -0.107. The zero-order valence-electron chi connectivity index (χ0n) is 12.4. The summed E-state index contributed by atoms with van der Waals surface area (Å²) >= 11 is 0. The van der Waals surface area contributed by atoms with Gasteiger partial charge in [0.15, 0.2) is 0 Å². The number of hydrogen-bond acceptors (Lipinski definition) is 4. The molecular formula is C15H24N4O. The molecule has 110 valence electrons. The number of fused-ring (bicyclic) bond motifs is 1. The molecule has 1 amide bonds. The van der Waals surface area contributed by atoms with Gasteiger partial charge in [0.25, 0.3) is 0 Å². The zero-order chi connectivity index (χ0) is 14.5. The number of nitrogens with one attached hydrogen (secondary N) is 1. The summed E-state index contributed by atoms with van der Waals surface area (Å²) in [5.74, 6) is 0. The summed E-state index contributed by atoms with van der Waals surface area (Å²) in [6.07, 6.45) is 1.84. The van der Waals surface area contributed by atoms with Gasteiger partial charge >= 0.3 is 0 Å². The number of rotatable bonds is 7. The summed E-state index contributed by atoms with van der Waals surface area (Å²) in [7, 11) is 4.02. The van der Waals surface area contributed by atoms with E-state index in [1.54, 1.807) is 4.90 Å². The third-order valence-electron chi connectivity index (χ3n) is 3.76. The predicted molar refractivity (Wildman–Crippen MR) is 81.5 cm³/mol. The molecular weight excluding hydrogens is 252 g/mol. The molecule has 0 bridgehead atoms. The summed E-state index contributed by atoms with van der Waals surface area (Å²) in [4.78, 5) is 15.4. The standard InChI is InChI=1S/C15H24N4O/c1-17-4-3-5-19(11-20)15-7-14-10-18(2)9-13(14)6-12(15)8-16/h6-7,11,17H,3-5,8-10,16H2,1-2H3. The molecule has 1 aliphatic rings. The van der Waals surface area contributed by atoms with Gasteiger partial charge < -0.3 is 16.0 Å². The first kappa shape index (κ1) is 15.0. The Hall–Kier alpha value is -1.43. The molecule has 5 heteroatoms. The number of amides is 1. The normalized spacial score (nSPS) is 14.3. The molecule has 0 radical (unpaired) electrons. The van der Waals surface area contributed by atoms with Crippen molar-refractivity contribution < 1.29 is 4.79 Å². The maximum absolute atomic E-state index is 11.4. The molecule has 0 fully saturated rings. The second-order valence-electron chi connectivity index (χ2n) is 5.38. The van der Waals surface area contributed by atoms with E-state index in [4.69, 9.17) is 5.73 Å². The maximum atomic E-state index is 11.4. The Morgan fingerprint density at radius 3 is 2.70 bits per heavy atom. The van der Waals surface area contributed by atoms with Gasteiger partial charge in [-0.05, 0) is 49.8 Å². The number of anilines is 1. The minimum Gasteiger partial charge on any atom is -0.326 e. The van der Waals surface area contributed by atoms with E-state index < -0.39 is 0 Å². The van der Waals surface area contributed by atoms with Crippen molar-refractivity contribution in [3.05, 3.63) is 28.8 Å². The number of nitrogens with zero attached hydrogens (tertiary/aromatic N) is 2.